The molecule has 0 unspecified atom stereocenters. The Bertz CT molecular complexity index is 252. The molecule has 0 bridgehead atoms. The summed E-state index contributed by atoms with van der Waals surface area (Å²) in [5.41, 5.74) is 0. The van der Waals surface area contributed by atoms with E-state index >= 15 is 0 Å². The van der Waals surface area contributed by atoms with E-state index in [0.29, 0.717) is 5.95 Å². The number of alkyl halides is 1. The third-order valence-electron chi connectivity index (χ3n) is 1.63. The van der Waals surface area contributed by atoms with Gasteiger partial charge in [0.25, 0.3) is 0 Å². The van der Waals surface area contributed by atoms with Crippen LogP contribution in [0.3, 0.4) is 0 Å². The summed E-state index contributed by atoms with van der Waals surface area (Å²) in [7, 11) is 0. The van der Waals surface area contributed by atoms with Crippen molar-refractivity contribution >= 4 is 21.9 Å². The largest absolute Gasteiger partial charge is 0.340 e. The van der Waals surface area contributed by atoms with Crippen LogP contribution in [0.25, 0.3) is 0 Å². The fourth-order valence-corrected chi connectivity index (χ4v) is 1.40. The van der Waals surface area contributed by atoms with Gasteiger partial charge >= 0.3 is 0 Å². The zero-order valence-electron chi connectivity index (χ0n) is 7.37. The summed E-state index contributed by atoms with van der Waals surface area (Å²) in [6, 6.07) is 0. The number of aromatic nitrogens is 2. The van der Waals surface area contributed by atoms with Gasteiger partial charge in [0.1, 0.15) is 0 Å². The van der Waals surface area contributed by atoms with Crippen LogP contribution in [-0.4, -0.2) is 28.4 Å². The molecule has 0 atom stereocenters. The van der Waals surface area contributed by atoms with Crippen LogP contribution in [0.2, 0.25) is 0 Å². The highest BCUT2D eigenvalue weighted by atomic mass is 79.9. The number of anilines is 1. The topological polar surface area (TPSA) is 29.0 Å². The standard InChI is InChI=1S/C8H11BrFN3/c1-2-13(4-3-9)8-11-5-7(10)6-12-8/h5-6H,2-4H2,1H3. The quantitative estimate of drug-likeness (QED) is 0.761. The van der Waals surface area contributed by atoms with Gasteiger partial charge in [-0.3, -0.25) is 0 Å². The van der Waals surface area contributed by atoms with Crippen LogP contribution in [0.15, 0.2) is 12.4 Å². The number of nitrogens with zero attached hydrogens (tertiary/aromatic N) is 3. The molecule has 0 amide bonds. The second kappa shape index (κ2) is 5.11. The second-order valence-corrected chi connectivity index (χ2v) is 3.26. The molecule has 0 aliphatic carbocycles. The van der Waals surface area contributed by atoms with Crippen LogP contribution in [0, 0.1) is 5.82 Å². The van der Waals surface area contributed by atoms with E-state index < -0.39 is 5.82 Å². The molecule has 0 saturated heterocycles. The Hall–Kier alpha value is -0.710. The zero-order valence-corrected chi connectivity index (χ0v) is 8.96. The van der Waals surface area contributed by atoms with Gasteiger partial charge in [-0.05, 0) is 6.92 Å². The van der Waals surface area contributed by atoms with Gasteiger partial charge in [-0.15, -0.1) is 0 Å². The molecule has 1 rings (SSSR count). The van der Waals surface area contributed by atoms with E-state index in [1.54, 1.807) is 0 Å². The molecule has 5 heteroatoms. The Morgan fingerprint density at radius 2 is 2.08 bits per heavy atom. The molecule has 72 valence electrons. The minimum Gasteiger partial charge on any atom is -0.340 e. The van der Waals surface area contributed by atoms with Crippen LogP contribution in [0.1, 0.15) is 6.92 Å². The minimum absolute atomic E-state index is 0.404. The Balaban J connectivity index is 2.73. The van der Waals surface area contributed by atoms with Crippen LogP contribution in [0.5, 0.6) is 0 Å². The lowest BCUT2D eigenvalue weighted by Crippen LogP contribution is -2.26. The molecule has 13 heavy (non-hydrogen) atoms. The molecule has 0 aliphatic rings. The lowest BCUT2D eigenvalue weighted by molar-refractivity contribution is 0.611. The Kier molecular flexibility index (Phi) is 4.08. The van der Waals surface area contributed by atoms with Crippen LogP contribution in [-0.2, 0) is 0 Å². The molecule has 0 radical (unpaired) electrons. The van der Waals surface area contributed by atoms with E-state index in [1.807, 2.05) is 11.8 Å². The minimum atomic E-state index is -0.404. The molecule has 0 aliphatic heterocycles. The van der Waals surface area contributed by atoms with E-state index in [0.717, 1.165) is 18.4 Å². The Morgan fingerprint density at radius 1 is 1.46 bits per heavy atom. The molecule has 0 saturated carbocycles. The van der Waals surface area contributed by atoms with Crippen molar-refractivity contribution in [1.82, 2.24) is 9.97 Å². The number of hydrogen-bond donors (Lipinski definition) is 0. The van der Waals surface area contributed by atoms with Gasteiger partial charge in [0.05, 0.1) is 12.4 Å². The van der Waals surface area contributed by atoms with E-state index in [9.17, 15) is 4.39 Å². The van der Waals surface area contributed by atoms with Crippen molar-refractivity contribution in [3.05, 3.63) is 18.2 Å². The molecule has 0 fully saturated rings. The normalized spacial score (nSPS) is 10.1. The van der Waals surface area contributed by atoms with Crippen LogP contribution in [0.4, 0.5) is 10.3 Å². The van der Waals surface area contributed by atoms with E-state index in [4.69, 9.17) is 0 Å². The summed E-state index contributed by atoms with van der Waals surface area (Å²) in [4.78, 5) is 9.74. The fourth-order valence-electron chi connectivity index (χ4n) is 0.970. The van der Waals surface area contributed by atoms with Crippen LogP contribution >= 0.6 is 15.9 Å². The fraction of sp³-hybridized carbons (Fsp3) is 0.500. The SMILES string of the molecule is CCN(CCBr)c1ncc(F)cn1. The van der Waals surface area contributed by atoms with E-state index in [-0.39, 0.29) is 0 Å². The molecule has 1 heterocycles. The van der Waals surface area contributed by atoms with Crippen molar-refractivity contribution in [2.75, 3.05) is 23.3 Å². The first-order chi connectivity index (χ1) is 6.27. The first-order valence-corrected chi connectivity index (χ1v) is 5.18. The highest BCUT2D eigenvalue weighted by molar-refractivity contribution is 9.09. The van der Waals surface area contributed by atoms with Crippen molar-refractivity contribution in [1.29, 1.82) is 0 Å². The van der Waals surface area contributed by atoms with E-state index in [1.165, 1.54) is 12.4 Å². The molecular weight excluding hydrogens is 237 g/mol. The second-order valence-electron chi connectivity index (χ2n) is 2.47. The highest BCUT2D eigenvalue weighted by Gasteiger charge is 2.05. The third kappa shape index (κ3) is 2.91. The molecule has 0 N–H and O–H groups in total. The summed E-state index contributed by atoms with van der Waals surface area (Å²) in [5.74, 6) is 0.169. The number of rotatable bonds is 4. The molecule has 0 aromatic carbocycles. The summed E-state index contributed by atoms with van der Waals surface area (Å²) in [6.07, 6.45) is 2.36. The van der Waals surface area contributed by atoms with Crippen molar-refractivity contribution in [2.45, 2.75) is 6.92 Å². The van der Waals surface area contributed by atoms with Crippen molar-refractivity contribution in [3.8, 4) is 0 Å². The van der Waals surface area contributed by atoms with Gasteiger partial charge in [0, 0.05) is 18.4 Å². The first kappa shape index (κ1) is 10.4. The zero-order chi connectivity index (χ0) is 9.68. The molecule has 3 nitrogen and oxygen atoms in total. The number of halogens is 2. The third-order valence-corrected chi connectivity index (χ3v) is 1.98. The Morgan fingerprint density at radius 3 is 2.54 bits per heavy atom. The number of hydrogen-bond acceptors (Lipinski definition) is 3. The van der Waals surface area contributed by atoms with Crippen molar-refractivity contribution < 1.29 is 4.39 Å². The summed E-state index contributed by atoms with van der Waals surface area (Å²) < 4.78 is 12.5. The predicted octanol–water partition coefficient (Wildman–Crippen LogP) is 1.84. The smallest absolute Gasteiger partial charge is 0.225 e. The summed E-state index contributed by atoms with van der Waals surface area (Å²) in [5, 5.41) is 0.849. The molecule has 1 aromatic heterocycles. The van der Waals surface area contributed by atoms with E-state index in [2.05, 4.69) is 25.9 Å². The highest BCUT2D eigenvalue weighted by Crippen LogP contribution is 2.06. The monoisotopic (exact) mass is 247 g/mol. The van der Waals surface area contributed by atoms with Gasteiger partial charge in [0.15, 0.2) is 5.82 Å². The van der Waals surface area contributed by atoms with Crippen molar-refractivity contribution in [3.63, 3.8) is 0 Å². The maximum Gasteiger partial charge on any atom is 0.225 e. The Labute approximate surface area is 85.1 Å². The summed E-state index contributed by atoms with van der Waals surface area (Å²) >= 11 is 3.33. The molecule has 1 aromatic rings. The maximum atomic E-state index is 12.5. The van der Waals surface area contributed by atoms with Gasteiger partial charge < -0.3 is 4.90 Å². The lowest BCUT2D eigenvalue weighted by Gasteiger charge is -2.18. The molecule has 0 spiro atoms. The average Bonchev–Trinajstić information content (AvgIpc) is 2.16. The average molecular weight is 248 g/mol. The molecular formula is C8H11BrFN3. The van der Waals surface area contributed by atoms with Gasteiger partial charge in [-0.1, -0.05) is 15.9 Å². The summed E-state index contributed by atoms with van der Waals surface area (Å²) in [6.45, 7) is 3.65. The van der Waals surface area contributed by atoms with Crippen molar-refractivity contribution in [2.24, 2.45) is 0 Å². The van der Waals surface area contributed by atoms with Crippen LogP contribution < -0.4 is 4.90 Å². The maximum absolute atomic E-state index is 12.5. The first-order valence-electron chi connectivity index (χ1n) is 4.06. The lowest BCUT2D eigenvalue weighted by atomic mass is 10.5. The van der Waals surface area contributed by atoms with Gasteiger partial charge in [-0.2, -0.15) is 0 Å². The van der Waals surface area contributed by atoms with Gasteiger partial charge in [-0.25, -0.2) is 14.4 Å². The van der Waals surface area contributed by atoms with Gasteiger partial charge in [0.2, 0.25) is 5.95 Å². The predicted molar refractivity (Wildman–Crippen MR) is 53.7 cm³/mol.